The van der Waals surface area contributed by atoms with Gasteiger partial charge in [-0.2, -0.15) is 0 Å². The van der Waals surface area contributed by atoms with E-state index in [0.29, 0.717) is 17.1 Å². The van der Waals surface area contributed by atoms with Crippen LogP contribution in [0.2, 0.25) is 0 Å². The molecule has 0 aliphatic carbocycles. The van der Waals surface area contributed by atoms with E-state index in [1.165, 1.54) is 6.92 Å². The number of aryl methyl sites for hydroxylation is 1. The Balaban J connectivity index is 2.43. The van der Waals surface area contributed by atoms with E-state index in [4.69, 9.17) is 0 Å². The molecule has 0 unspecified atom stereocenters. The van der Waals surface area contributed by atoms with Gasteiger partial charge in [0.15, 0.2) is 0 Å². The number of halogens is 2. The fourth-order valence-corrected chi connectivity index (χ4v) is 3.79. The van der Waals surface area contributed by atoms with Gasteiger partial charge in [-0.25, -0.2) is 0 Å². The molecule has 0 aliphatic rings. The lowest BCUT2D eigenvalue weighted by atomic mass is 10.2. The van der Waals surface area contributed by atoms with Crippen LogP contribution in [0.15, 0.2) is 49.5 Å². The van der Waals surface area contributed by atoms with Crippen LogP contribution in [0.5, 0.6) is 0 Å². The van der Waals surface area contributed by atoms with Crippen LogP contribution in [0.3, 0.4) is 0 Å². The fraction of sp³-hybridized carbons (Fsp3) is 0.278. The van der Waals surface area contributed by atoms with Gasteiger partial charge in [-0.1, -0.05) is 0 Å². The minimum Gasteiger partial charge on any atom is -0.375 e. The molecule has 5 nitrogen and oxygen atoms in total. The van der Waals surface area contributed by atoms with E-state index in [2.05, 4.69) is 59.2 Å². The molecule has 2 rings (SSSR count). The Morgan fingerprint density at radius 3 is 2.36 bits per heavy atom. The largest absolute Gasteiger partial charge is 0.375 e. The average molecular weight is 468 g/mol. The summed E-state index contributed by atoms with van der Waals surface area (Å²) in [6, 6.07) is 9.67. The molecule has 0 aromatic heterocycles. The van der Waals surface area contributed by atoms with Crippen LogP contribution < -0.4 is 10.2 Å². The maximum absolute atomic E-state index is 11.5. The number of hydrogen-bond donors (Lipinski definition) is 1. The lowest BCUT2D eigenvalue weighted by Gasteiger charge is -2.18. The van der Waals surface area contributed by atoms with Gasteiger partial charge >= 0.3 is 0 Å². The summed E-state index contributed by atoms with van der Waals surface area (Å²) in [4.78, 5) is 13.6. The smallest absolute Gasteiger partial charge is 0.221 e. The van der Waals surface area contributed by atoms with Crippen LogP contribution in [-0.4, -0.2) is 19.5 Å². The Kier molecular flexibility index (Phi) is 6.72. The molecule has 2 aromatic carbocycles. The number of hydrogen-bond acceptors (Lipinski definition) is 4. The Bertz CT molecular complexity index is 798. The van der Waals surface area contributed by atoms with Gasteiger partial charge < -0.3 is 10.2 Å². The van der Waals surface area contributed by atoms with Crippen molar-refractivity contribution in [3.05, 3.63) is 44.8 Å². The number of carbonyl (C=O) groups excluding carboxylic acids is 1. The summed E-state index contributed by atoms with van der Waals surface area (Å²) < 4.78 is 1.71. The van der Waals surface area contributed by atoms with Crippen molar-refractivity contribution in [1.82, 2.24) is 0 Å². The van der Waals surface area contributed by atoms with E-state index >= 15 is 0 Å². The Hall–Kier alpha value is -1.73. The Morgan fingerprint density at radius 2 is 1.80 bits per heavy atom. The number of amides is 1. The first-order valence-electron chi connectivity index (χ1n) is 7.82. The van der Waals surface area contributed by atoms with Crippen LogP contribution in [0.25, 0.3) is 0 Å². The molecule has 1 N–H and O–H groups in total. The molecule has 0 radical (unpaired) electrons. The van der Waals surface area contributed by atoms with E-state index in [0.717, 1.165) is 26.7 Å². The SMILES string of the molecule is CCN(C)c1ccc(N=Nc2c(Br)cc(C)cc2Br)c(NC(C)=O)c1. The lowest BCUT2D eigenvalue weighted by molar-refractivity contribution is -0.114. The second-order valence-electron chi connectivity index (χ2n) is 5.67. The minimum atomic E-state index is -0.148. The van der Waals surface area contributed by atoms with Gasteiger partial charge in [0.05, 0.1) is 5.69 Å². The number of azo groups is 1. The first-order chi connectivity index (χ1) is 11.8. The van der Waals surface area contributed by atoms with Crippen molar-refractivity contribution in [3.63, 3.8) is 0 Å². The molecule has 0 spiro atoms. The number of nitrogens with one attached hydrogen (secondary N) is 1. The summed E-state index contributed by atoms with van der Waals surface area (Å²) in [5.74, 6) is -0.148. The third-order valence-corrected chi connectivity index (χ3v) is 4.83. The number of carbonyl (C=O) groups is 1. The maximum atomic E-state index is 11.5. The summed E-state index contributed by atoms with van der Waals surface area (Å²) in [5.41, 5.74) is 4.05. The number of rotatable bonds is 5. The second kappa shape index (κ2) is 8.58. The molecule has 7 heteroatoms. The molecule has 132 valence electrons. The molecule has 0 aliphatic heterocycles. The molecule has 25 heavy (non-hydrogen) atoms. The highest BCUT2D eigenvalue weighted by molar-refractivity contribution is 9.11. The van der Waals surface area contributed by atoms with Gasteiger partial charge in [-0.3, -0.25) is 4.79 Å². The standard InChI is InChI=1S/C18H20Br2N4O/c1-5-24(4)13-6-7-16(17(10-13)21-12(3)25)22-23-18-14(19)8-11(2)9-15(18)20/h6-10H,5H2,1-4H3,(H,21,25). The quantitative estimate of drug-likeness (QED) is 0.520. The van der Waals surface area contributed by atoms with Crippen LogP contribution in [0.1, 0.15) is 19.4 Å². The Labute approximate surface area is 164 Å². The molecule has 0 bridgehead atoms. The zero-order chi connectivity index (χ0) is 18.6. The normalized spacial score (nSPS) is 11.0. The highest BCUT2D eigenvalue weighted by Gasteiger charge is 2.09. The summed E-state index contributed by atoms with van der Waals surface area (Å²) >= 11 is 7.02. The van der Waals surface area contributed by atoms with E-state index in [1.54, 1.807) is 0 Å². The zero-order valence-corrected chi connectivity index (χ0v) is 17.8. The van der Waals surface area contributed by atoms with Gasteiger partial charge in [0, 0.05) is 35.1 Å². The second-order valence-corrected chi connectivity index (χ2v) is 7.38. The zero-order valence-electron chi connectivity index (χ0n) is 14.6. The van der Waals surface area contributed by atoms with Gasteiger partial charge in [0.25, 0.3) is 0 Å². The molecular formula is C18H20Br2N4O. The van der Waals surface area contributed by atoms with Gasteiger partial charge in [0.2, 0.25) is 5.91 Å². The molecule has 0 heterocycles. The van der Waals surface area contributed by atoms with Crippen molar-refractivity contribution in [3.8, 4) is 0 Å². The molecule has 2 aromatic rings. The van der Waals surface area contributed by atoms with Crippen molar-refractivity contribution < 1.29 is 4.79 Å². The van der Waals surface area contributed by atoms with Gasteiger partial charge in [-0.15, -0.1) is 10.2 Å². The molecular weight excluding hydrogens is 448 g/mol. The fourth-order valence-electron chi connectivity index (χ4n) is 2.21. The van der Waals surface area contributed by atoms with Crippen LogP contribution in [0.4, 0.5) is 22.7 Å². The van der Waals surface area contributed by atoms with Crippen molar-refractivity contribution in [1.29, 1.82) is 0 Å². The van der Waals surface area contributed by atoms with E-state index in [-0.39, 0.29) is 5.91 Å². The topological polar surface area (TPSA) is 57.1 Å². The molecule has 1 amide bonds. The number of nitrogens with zero attached hydrogens (tertiary/aromatic N) is 3. The summed E-state index contributed by atoms with van der Waals surface area (Å²) in [5, 5.41) is 11.5. The van der Waals surface area contributed by atoms with Crippen LogP contribution in [-0.2, 0) is 4.79 Å². The van der Waals surface area contributed by atoms with E-state index in [1.807, 2.05) is 44.3 Å². The first-order valence-corrected chi connectivity index (χ1v) is 9.40. The molecule has 0 saturated carbocycles. The summed E-state index contributed by atoms with van der Waals surface area (Å²) in [7, 11) is 1.99. The van der Waals surface area contributed by atoms with Crippen LogP contribution >= 0.6 is 31.9 Å². The highest BCUT2D eigenvalue weighted by atomic mass is 79.9. The van der Waals surface area contributed by atoms with Gasteiger partial charge in [-0.05, 0) is 81.6 Å². The van der Waals surface area contributed by atoms with Crippen LogP contribution in [0, 0.1) is 6.92 Å². The molecule has 0 atom stereocenters. The third-order valence-electron chi connectivity index (χ3n) is 3.62. The summed E-state index contributed by atoms with van der Waals surface area (Å²) in [6.07, 6.45) is 0. The van der Waals surface area contributed by atoms with Crippen molar-refractivity contribution >= 4 is 60.5 Å². The van der Waals surface area contributed by atoms with Crippen molar-refractivity contribution in [2.45, 2.75) is 20.8 Å². The predicted molar refractivity (Wildman–Crippen MR) is 110 cm³/mol. The maximum Gasteiger partial charge on any atom is 0.221 e. The third kappa shape index (κ3) is 5.12. The van der Waals surface area contributed by atoms with Gasteiger partial charge in [0.1, 0.15) is 11.4 Å². The number of benzene rings is 2. The highest BCUT2D eigenvalue weighted by Crippen LogP contribution is 2.37. The first kappa shape index (κ1) is 19.6. The van der Waals surface area contributed by atoms with E-state index in [9.17, 15) is 4.79 Å². The minimum absolute atomic E-state index is 0.148. The lowest BCUT2D eigenvalue weighted by Crippen LogP contribution is -2.16. The predicted octanol–water partition coefficient (Wildman–Crippen LogP) is 6.35. The summed E-state index contributed by atoms with van der Waals surface area (Å²) in [6.45, 7) is 6.42. The number of anilines is 2. The average Bonchev–Trinajstić information content (AvgIpc) is 2.53. The Morgan fingerprint density at radius 1 is 1.16 bits per heavy atom. The monoisotopic (exact) mass is 466 g/mol. The van der Waals surface area contributed by atoms with Crippen molar-refractivity contribution in [2.24, 2.45) is 10.2 Å². The van der Waals surface area contributed by atoms with Crippen molar-refractivity contribution in [2.75, 3.05) is 23.8 Å². The molecule has 0 fully saturated rings. The molecule has 0 saturated heterocycles. The van der Waals surface area contributed by atoms with E-state index < -0.39 is 0 Å².